The minimum Gasteiger partial charge on any atom is -0.488 e. The second-order valence-corrected chi connectivity index (χ2v) is 7.35. The summed E-state index contributed by atoms with van der Waals surface area (Å²) in [4.78, 5) is 2.66. The second kappa shape index (κ2) is 6.21. The number of hydrogen-bond acceptors (Lipinski definition) is 3. The van der Waals surface area contributed by atoms with E-state index in [1.165, 1.54) is 51.7 Å². The molecule has 3 aliphatic rings. The van der Waals surface area contributed by atoms with Crippen LogP contribution in [0.5, 0.6) is 5.75 Å². The van der Waals surface area contributed by atoms with Gasteiger partial charge in [-0.3, -0.25) is 0 Å². The van der Waals surface area contributed by atoms with Crippen molar-refractivity contribution in [3.8, 4) is 5.75 Å². The van der Waals surface area contributed by atoms with Crippen molar-refractivity contribution in [2.24, 2.45) is 5.92 Å². The lowest BCUT2D eigenvalue weighted by Gasteiger charge is -2.41. The number of para-hydroxylation sites is 1. The van der Waals surface area contributed by atoms with Gasteiger partial charge < -0.3 is 14.4 Å². The summed E-state index contributed by atoms with van der Waals surface area (Å²) in [6.45, 7) is 4.47. The molecule has 0 N–H and O–H groups in total. The fraction of sp³-hybridized carbons (Fsp3) is 0.684. The minimum atomic E-state index is 0.0928. The van der Waals surface area contributed by atoms with Gasteiger partial charge in [0.15, 0.2) is 0 Å². The van der Waals surface area contributed by atoms with Crippen molar-refractivity contribution in [2.75, 3.05) is 26.2 Å². The smallest absolute Gasteiger partial charge is 0.125 e. The standard InChI is InChI=1S/C19H27NO2/c1-2-7-17(8-3-1)22-18-13-19(21-15-18)9-11-20(12-10-19)14-16-5-4-6-16/h1-3,7-8,16,18H,4-6,9-15H2. The minimum absolute atomic E-state index is 0.0928. The van der Waals surface area contributed by atoms with Gasteiger partial charge in [0.05, 0.1) is 12.2 Å². The second-order valence-electron chi connectivity index (χ2n) is 7.35. The Labute approximate surface area is 133 Å². The van der Waals surface area contributed by atoms with Gasteiger partial charge in [-0.25, -0.2) is 0 Å². The van der Waals surface area contributed by atoms with Crippen molar-refractivity contribution in [1.29, 1.82) is 0 Å². The van der Waals surface area contributed by atoms with Crippen LogP contribution in [0.25, 0.3) is 0 Å². The molecular formula is C19H27NO2. The molecule has 4 rings (SSSR count). The van der Waals surface area contributed by atoms with Crippen molar-refractivity contribution in [2.45, 2.75) is 50.2 Å². The summed E-state index contributed by atoms with van der Waals surface area (Å²) in [5, 5.41) is 0. The highest BCUT2D eigenvalue weighted by Crippen LogP contribution is 2.38. The summed E-state index contributed by atoms with van der Waals surface area (Å²) in [5.41, 5.74) is 0.0928. The fourth-order valence-electron chi connectivity index (χ4n) is 4.10. The number of piperidine rings is 1. The van der Waals surface area contributed by atoms with Crippen LogP contribution in [-0.2, 0) is 4.74 Å². The largest absolute Gasteiger partial charge is 0.488 e. The van der Waals surface area contributed by atoms with E-state index in [1.807, 2.05) is 30.3 Å². The van der Waals surface area contributed by atoms with E-state index in [1.54, 1.807) is 0 Å². The molecule has 3 fully saturated rings. The molecule has 22 heavy (non-hydrogen) atoms. The van der Waals surface area contributed by atoms with E-state index in [-0.39, 0.29) is 11.7 Å². The van der Waals surface area contributed by atoms with Gasteiger partial charge >= 0.3 is 0 Å². The maximum Gasteiger partial charge on any atom is 0.125 e. The molecule has 2 saturated heterocycles. The highest BCUT2D eigenvalue weighted by molar-refractivity contribution is 5.21. The normalized spacial score (nSPS) is 28.6. The average Bonchev–Trinajstić information content (AvgIpc) is 2.89. The summed E-state index contributed by atoms with van der Waals surface area (Å²) < 4.78 is 12.3. The van der Waals surface area contributed by atoms with Crippen molar-refractivity contribution in [3.05, 3.63) is 30.3 Å². The zero-order chi connectivity index (χ0) is 14.8. The van der Waals surface area contributed by atoms with Crippen molar-refractivity contribution >= 4 is 0 Å². The number of nitrogens with zero attached hydrogens (tertiary/aromatic N) is 1. The van der Waals surface area contributed by atoms with Gasteiger partial charge in [-0.1, -0.05) is 24.6 Å². The van der Waals surface area contributed by atoms with Crippen molar-refractivity contribution < 1.29 is 9.47 Å². The number of benzene rings is 1. The molecule has 0 radical (unpaired) electrons. The number of ether oxygens (including phenoxy) is 2. The van der Waals surface area contributed by atoms with Crippen molar-refractivity contribution in [3.63, 3.8) is 0 Å². The summed E-state index contributed by atoms with van der Waals surface area (Å²) in [7, 11) is 0. The zero-order valence-electron chi connectivity index (χ0n) is 13.4. The van der Waals surface area contributed by atoms with Gasteiger partial charge in [-0.15, -0.1) is 0 Å². The van der Waals surface area contributed by atoms with Crippen LogP contribution in [0.4, 0.5) is 0 Å². The third-order valence-corrected chi connectivity index (χ3v) is 5.73. The van der Waals surface area contributed by atoms with Crippen LogP contribution in [0.3, 0.4) is 0 Å². The van der Waals surface area contributed by atoms with Gasteiger partial charge in [0, 0.05) is 26.1 Å². The number of hydrogen-bond donors (Lipinski definition) is 0. The molecule has 0 amide bonds. The maximum atomic E-state index is 6.21. The van der Waals surface area contributed by atoms with E-state index in [0.717, 1.165) is 24.7 Å². The first-order chi connectivity index (χ1) is 10.8. The monoisotopic (exact) mass is 301 g/mol. The zero-order valence-corrected chi connectivity index (χ0v) is 13.4. The molecule has 1 saturated carbocycles. The Kier molecular flexibility index (Phi) is 4.10. The van der Waals surface area contributed by atoms with Gasteiger partial charge in [-0.2, -0.15) is 0 Å². The maximum absolute atomic E-state index is 6.21. The summed E-state index contributed by atoms with van der Waals surface area (Å²) in [6, 6.07) is 10.1. The van der Waals surface area contributed by atoms with Crippen LogP contribution in [0.15, 0.2) is 30.3 Å². The molecule has 3 nitrogen and oxygen atoms in total. The van der Waals surface area contributed by atoms with Gasteiger partial charge in [0.2, 0.25) is 0 Å². The summed E-state index contributed by atoms with van der Waals surface area (Å²) in [6.07, 6.45) is 7.97. The highest BCUT2D eigenvalue weighted by Gasteiger charge is 2.43. The molecule has 120 valence electrons. The van der Waals surface area contributed by atoms with Crippen LogP contribution in [0.1, 0.15) is 38.5 Å². The van der Waals surface area contributed by atoms with E-state index in [2.05, 4.69) is 4.90 Å². The average molecular weight is 301 g/mol. The van der Waals surface area contributed by atoms with Crippen molar-refractivity contribution in [1.82, 2.24) is 4.90 Å². The van der Waals surface area contributed by atoms with E-state index in [0.29, 0.717) is 0 Å². The summed E-state index contributed by atoms with van der Waals surface area (Å²) in [5.74, 6) is 1.95. The molecule has 2 aliphatic heterocycles. The highest BCUT2D eigenvalue weighted by atomic mass is 16.6. The predicted octanol–water partition coefficient (Wildman–Crippen LogP) is 3.49. The first-order valence-electron chi connectivity index (χ1n) is 8.89. The molecule has 1 spiro atoms. The Bertz CT molecular complexity index is 477. The third-order valence-electron chi connectivity index (χ3n) is 5.73. The topological polar surface area (TPSA) is 21.7 Å². The van der Waals surface area contributed by atoms with E-state index >= 15 is 0 Å². The van der Waals surface area contributed by atoms with Gasteiger partial charge in [-0.05, 0) is 43.7 Å². The van der Waals surface area contributed by atoms with Crippen LogP contribution in [0.2, 0.25) is 0 Å². The molecular weight excluding hydrogens is 274 g/mol. The lowest BCUT2D eigenvalue weighted by atomic mass is 9.83. The van der Waals surface area contributed by atoms with Crippen LogP contribution in [-0.4, -0.2) is 42.8 Å². The van der Waals surface area contributed by atoms with Gasteiger partial charge in [0.1, 0.15) is 11.9 Å². The van der Waals surface area contributed by atoms with Crippen LogP contribution < -0.4 is 4.74 Å². The van der Waals surface area contributed by atoms with E-state index in [4.69, 9.17) is 9.47 Å². The molecule has 2 heterocycles. The van der Waals surface area contributed by atoms with Crippen LogP contribution in [0, 0.1) is 5.92 Å². The molecule has 1 aliphatic carbocycles. The molecule has 1 aromatic rings. The molecule has 1 unspecified atom stereocenters. The Balaban J connectivity index is 1.27. The molecule has 0 bridgehead atoms. The first-order valence-corrected chi connectivity index (χ1v) is 8.89. The molecule has 1 aromatic carbocycles. The third kappa shape index (κ3) is 3.16. The Hall–Kier alpha value is -1.06. The SMILES string of the molecule is c1ccc(OC2COC3(CCN(CC4CCC4)CC3)C2)cc1. The van der Waals surface area contributed by atoms with Gasteiger partial charge in [0.25, 0.3) is 0 Å². The quantitative estimate of drug-likeness (QED) is 0.850. The first kappa shape index (κ1) is 14.5. The lowest BCUT2D eigenvalue weighted by molar-refractivity contribution is -0.0478. The van der Waals surface area contributed by atoms with E-state index < -0.39 is 0 Å². The fourth-order valence-corrected chi connectivity index (χ4v) is 4.10. The number of likely N-dealkylation sites (tertiary alicyclic amines) is 1. The van der Waals surface area contributed by atoms with Crippen LogP contribution >= 0.6 is 0 Å². The number of rotatable bonds is 4. The summed E-state index contributed by atoms with van der Waals surface area (Å²) >= 11 is 0. The Morgan fingerprint density at radius 1 is 1.14 bits per heavy atom. The molecule has 3 heteroatoms. The lowest BCUT2D eigenvalue weighted by Crippen LogP contribution is -2.46. The Morgan fingerprint density at radius 3 is 2.59 bits per heavy atom. The molecule has 0 aromatic heterocycles. The Morgan fingerprint density at radius 2 is 1.91 bits per heavy atom. The van der Waals surface area contributed by atoms with E-state index in [9.17, 15) is 0 Å². The molecule has 1 atom stereocenters. The predicted molar refractivity (Wildman–Crippen MR) is 87.2 cm³/mol.